The van der Waals surface area contributed by atoms with Gasteiger partial charge >= 0.3 is 5.97 Å². The van der Waals surface area contributed by atoms with Crippen molar-refractivity contribution in [1.29, 1.82) is 0 Å². The maximum absolute atomic E-state index is 11.4. The molecule has 1 aliphatic carbocycles. The number of hydrogen-bond acceptors (Lipinski definition) is 4. The second-order valence-electron chi connectivity index (χ2n) is 5.38. The number of carboxylic acid groups (broad SMARTS) is 1. The molecule has 0 spiro atoms. The Morgan fingerprint density at radius 2 is 2.18 bits per heavy atom. The summed E-state index contributed by atoms with van der Waals surface area (Å²) in [5.74, 6) is 0.181. The van der Waals surface area contributed by atoms with Crippen molar-refractivity contribution >= 4 is 11.5 Å². The third kappa shape index (κ3) is 2.28. The molecule has 2 heterocycles. The molecule has 2 aromatic heterocycles. The van der Waals surface area contributed by atoms with Crippen LogP contribution in [0, 0.1) is 0 Å². The van der Waals surface area contributed by atoms with Crippen LogP contribution in [0.2, 0.25) is 0 Å². The van der Waals surface area contributed by atoms with E-state index in [1.54, 1.807) is 12.3 Å². The third-order valence-corrected chi connectivity index (χ3v) is 3.72. The minimum Gasteiger partial charge on any atom is -0.477 e. The Balaban J connectivity index is 1.74. The largest absolute Gasteiger partial charge is 0.477 e. The standard InChI is InChI=1S/C16H13N3O3/c20-16(21)14-7-12-8-17-9-19(12)18-15(14)22-13-3-1-2-11(6-13)10-4-5-10/h1-3,6-10H,4-5H2,(H,20,21). The van der Waals surface area contributed by atoms with Crippen LogP contribution in [0.5, 0.6) is 11.6 Å². The maximum atomic E-state index is 11.4. The van der Waals surface area contributed by atoms with Crippen molar-refractivity contribution in [3.63, 3.8) is 0 Å². The average Bonchev–Trinajstić information content (AvgIpc) is 3.26. The van der Waals surface area contributed by atoms with Crippen LogP contribution in [-0.2, 0) is 0 Å². The van der Waals surface area contributed by atoms with Gasteiger partial charge in [0.1, 0.15) is 17.6 Å². The normalized spacial score (nSPS) is 14.2. The predicted molar refractivity (Wildman–Crippen MR) is 78.4 cm³/mol. The molecule has 0 radical (unpaired) electrons. The Bertz CT molecular complexity index is 868. The second-order valence-corrected chi connectivity index (χ2v) is 5.38. The maximum Gasteiger partial charge on any atom is 0.341 e. The van der Waals surface area contributed by atoms with E-state index in [9.17, 15) is 9.90 Å². The SMILES string of the molecule is O=C(O)c1cc2cncn2nc1Oc1cccc(C2CC2)c1. The van der Waals surface area contributed by atoms with E-state index in [-0.39, 0.29) is 11.4 Å². The van der Waals surface area contributed by atoms with Crippen LogP contribution >= 0.6 is 0 Å². The van der Waals surface area contributed by atoms with Gasteiger partial charge in [0.05, 0.1) is 11.7 Å². The zero-order valence-electron chi connectivity index (χ0n) is 11.6. The summed E-state index contributed by atoms with van der Waals surface area (Å²) in [5.41, 5.74) is 1.85. The number of benzene rings is 1. The number of rotatable bonds is 4. The fraction of sp³-hybridized carbons (Fsp3) is 0.188. The molecule has 0 amide bonds. The number of imidazole rings is 1. The summed E-state index contributed by atoms with van der Waals surface area (Å²) in [6, 6.07) is 9.23. The van der Waals surface area contributed by atoms with Crippen molar-refractivity contribution in [1.82, 2.24) is 14.6 Å². The molecule has 0 bridgehead atoms. The first-order chi connectivity index (χ1) is 10.7. The quantitative estimate of drug-likeness (QED) is 0.800. The van der Waals surface area contributed by atoms with E-state index in [4.69, 9.17) is 4.74 Å². The van der Waals surface area contributed by atoms with Gasteiger partial charge in [-0.25, -0.2) is 14.3 Å². The van der Waals surface area contributed by atoms with Crippen molar-refractivity contribution in [2.75, 3.05) is 0 Å². The van der Waals surface area contributed by atoms with Crippen LogP contribution in [-0.4, -0.2) is 25.7 Å². The lowest BCUT2D eigenvalue weighted by Gasteiger charge is -2.09. The molecule has 1 aliphatic rings. The lowest BCUT2D eigenvalue weighted by Crippen LogP contribution is -2.05. The van der Waals surface area contributed by atoms with Crippen molar-refractivity contribution in [2.45, 2.75) is 18.8 Å². The fourth-order valence-electron chi connectivity index (χ4n) is 2.44. The first-order valence-corrected chi connectivity index (χ1v) is 7.05. The predicted octanol–water partition coefficient (Wildman–Crippen LogP) is 3.10. The van der Waals surface area contributed by atoms with Gasteiger partial charge < -0.3 is 9.84 Å². The molecule has 110 valence electrons. The molecule has 1 aromatic carbocycles. The first-order valence-electron chi connectivity index (χ1n) is 7.05. The van der Waals surface area contributed by atoms with Crippen LogP contribution < -0.4 is 4.74 Å². The highest BCUT2D eigenvalue weighted by Crippen LogP contribution is 2.41. The number of aromatic carboxylic acids is 1. The second kappa shape index (κ2) is 4.84. The van der Waals surface area contributed by atoms with Gasteiger partial charge in [0.25, 0.3) is 5.88 Å². The van der Waals surface area contributed by atoms with Gasteiger partial charge in [-0.2, -0.15) is 0 Å². The van der Waals surface area contributed by atoms with Gasteiger partial charge in [0, 0.05) is 0 Å². The monoisotopic (exact) mass is 295 g/mol. The number of fused-ring (bicyclic) bond motifs is 1. The Labute approximate surface area is 126 Å². The van der Waals surface area contributed by atoms with Crippen molar-refractivity contribution in [3.8, 4) is 11.6 Å². The summed E-state index contributed by atoms with van der Waals surface area (Å²) in [6.07, 6.45) is 5.46. The van der Waals surface area contributed by atoms with Crippen LogP contribution in [0.1, 0.15) is 34.7 Å². The van der Waals surface area contributed by atoms with E-state index in [2.05, 4.69) is 16.1 Å². The van der Waals surface area contributed by atoms with Gasteiger partial charge in [-0.05, 0) is 42.5 Å². The molecule has 0 aliphatic heterocycles. The highest BCUT2D eigenvalue weighted by atomic mass is 16.5. The van der Waals surface area contributed by atoms with Crippen LogP contribution in [0.3, 0.4) is 0 Å². The van der Waals surface area contributed by atoms with Crippen LogP contribution in [0.25, 0.3) is 5.52 Å². The topological polar surface area (TPSA) is 76.7 Å². The molecule has 6 nitrogen and oxygen atoms in total. The van der Waals surface area contributed by atoms with E-state index in [0.717, 1.165) is 0 Å². The Hall–Kier alpha value is -2.89. The van der Waals surface area contributed by atoms with E-state index in [1.807, 2.05) is 12.1 Å². The summed E-state index contributed by atoms with van der Waals surface area (Å²) in [4.78, 5) is 15.4. The molecule has 6 heteroatoms. The van der Waals surface area contributed by atoms with Gasteiger partial charge in [0.15, 0.2) is 0 Å². The smallest absolute Gasteiger partial charge is 0.341 e. The third-order valence-electron chi connectivity index (χ3n) is 3.72. The molecule has 1 N–H and O–H groups in total. The van der Waals surface area contributed by atoms with Crippen molar-refractivity contribution in [2.24, 2.45) is 0 Å². The summed E-state index contributed by atoms with van der Waals surface area (Å²) in [7, 11) is 0. The fourth-order valence-corrected chi connectivity index (χ4v) is 2.44. The first kappa shape index (κ1) is 12.8. The zero-order valence-corrected chi connectivity index (χ0v) is 11.6. The van der Waals surface area contributed by atoms with E-state index < -0.39 is 5.97 Å². The van der Waals surface area contributed by atoms with E-state index in [1.165, 1.54) is 35.3 Å². The molecule has 1 fully saturated rings. The number of ether oxygens (including phenoxy) is 1. The van der Waals surface area contributed by atoms with Gasteiger partial charge in [-0.3, -0.25) is 0 Å². The molecule has 3 aromatic rings. The molecule has 4 rings (SSSR count). The number of carbonyl (C=O) groups is 1. The lowest BCUT2D eigenvalue weighted by atomic mass is 10.1. The van der Waals surface area contributed by atoms with Gasteiger partial charge in [0.2, 0.25) is 0 Å². The lowest BCUT2D eigenvalue weighted by molar-refractivity contribution is 0.0693. The molecular formula is C16H13N3O3. The Morgan fingerprint density at radius 3 is 2.95 bits per heavy atom. The van der Waals surface area contributed by atoms with Crippen molar-refractivity contribution in [3.05, 3.63) is 54.0 Å². The number of nitrogens with zero attached hydrogens (tertiary/aromatic N) is 3. The van der Waals surface area contributed by atoms with Gasteiger partial charge in [-0.15, -0.1) is 5.10 Å². The molecule has 22 heavy (non-hydrogen) atoms. The summed E-state index contributed by atoms with van der Waals surface area (Å²) in [5, 5.41) is 13.5. The Kier molecular flexibility index (Phi) is 2.82. The van der Waals surface area contributed by atoms with E-state index in [0.29, 0.717) is 17.2 Å². The molecule has 0 saturated heterocycles. The molecule has 0 atom stereocenters. The van der Waals surface area contributed by atoms with Crippen LogP contribution in [0.4, 0.5) is 0 Å². The molecule has 1 saturated carbocycles. The zero-order chi connectivity index (χ0) is 15.1. The molecule has 0 unspecified atom stereocenters. The average molecular weight is 295 g/mol. The molecular weight excluding hydrogens is 282 g/mol. The minimum atomic E-state index is -1.08. The van der Waals surface area contributed by atoms with E-state index >= 15 is 0 Å². The highest BCUT2D eigenvalue weighted by molar-refractivity contribution is 5.91. The number of carboxylic acids is 1. The number of hydrogen-bond donors (Lipinski definition) is 1. The summed E-state index contributed by atoms with van der Waals surface area (Å²) < 4.78 is 7.22. The van der Waals surface area contributed by atoms with Crippen molar-refractivity contribution < 1.29 is 14.6 Å². The summed E-state index contributed by atoms with van der Waals surface area (Å²) >= 11 is 0. The van der Waals surface area contributed by atoms with Gasteiger partial charge in [-0.1, -0.05) is 12.1 Å². The minimum absolute atomic E-state index is 0.0184. The highest BCUT2D eigenvalue weighted by Gasteiger charge is 2.24. The Morgan fingerprint density at radius 1 is 1.32 bits per heavy atom. The van der Waals surface area contributed by atoms with Crippen LogP contribution in [0.15, 0.2) is 42.9 Å². The number of aromatic nitrogens is 3. The summed E-state index contributed by atoms with van der Waals surface area (Å²) in [6.45, 7) is 0.